The number of hydrogen-bond acceptors (Lipinski definition) is 4. The van der Waals surface area contributed by atoms with Crippen molar-refractivity contribution in [2.45, 2.75) is 43.9 Å². The van der Waals surface area contributed by atoms with Crippen LogP contribution in [-0.2, 0) is 4.74 Å². The van der Waals surface area contributed by atoms with Crippen molar-refractivity contribution in [2.24, 2.45) is 0 Å². The minimum Gasteiger partial charge on any atom is -0.374 e. The van der Waals surface area contributed by atoms with Gasteiger partial charge >= 0.3 is 0 Å². The highest BCUT2D eigenvalue weighted by Crippen LogP contribution is 2.28. The van der Waals surface area contributed by atoms with Crippen molar-refractivity contribution in [2.75, 3.05) is 46.4 Å². The molecule has 0 bridgehead atoms. The average molecular weight is 253 g/mol. The van der Waals surface area contributed by atoms with Gasteiger partial charge in [-0.15, -0.1) is 0 Å². The van der Waals surface area contributed by atoms with Crippen molar-refractivity contribution in [3.63, 3.8) is 0 Å². The van der Waals surface area contributed by atoms with Crippen LogP contribution in [0.2, 0.25) is 0 Å². The lowest BCUT2D eigenvalue weighted by Gasteiger charge is -2.35. The van der Waals surface area contributed by atoms with E-state index in [0.29, 0.717) is 6.10 Å². The number of rotatable bonds is 5. The smallest absolute Gasteiger partial charge is 0.0829 e. The first kappa shape index (κ1) is 12.9. The molecule has 0 aromatic rings. The summed E-state index contributed by atoms with van der Waals surface area (Å²) in [6.45, 7) is 6.67. The molecule has 0 radical (unpaired) electrons. The molecule has 2 aliphatic heterocycles. The molecule has 0 amide bonds. The quantitative estimate of drug-likeness (QED) is 0.774. The Balaban J connectivity index is 1.49. The molecule has 2 saturated heterocycles. The second kappa shape index (κ2) is 5.87. The van der Waals surface area contributed by atoms with E-state index in [1.807, 2.05) is 0 Å². The number of likely N-dealkylation sites (N-methyl/N-ethyl adjacent to an activating group) is 1. The second-order valence-corrected chi connectivity index (χ2v) is 6.23. The Morgan fingerprint density at radius 2 is 2.17 bits per heavy atom. The molecule has 104 valence electrons. The van der Waals surface area contributed by atoms with E-state index >= 15 is 0 Å². The maximum absolute atomic E-state index is 5.92. The van der Waals surface area contributed by atoms with Gasteiger partial charge in [-0.05, 0) is 39.3 Å². The third kappa shape index (κ3) is 3.44. The van der Waals surface area contributed by atoms with E-state index in [4.69, 9.17) is 4.74 Å². The first-order valence-corrected chi connectivity index (χ1v) is 7.59. The van der Waals surface area contributed by atoms with Gasteiger partial charge in [-0.25, -0.2) is 0 Å². The Labute approximate surface area is 111 Å². The van der Waals surface area contributed by atoms with Crippen LogP contribution in [0.3, 0.4) is 0 Å². The van der Waals surface area contributed by atoms with Gasteiger partial charge < -0.3 is 15.0 Å². The van der Waals surface area contributed by atoms with Gasteiger partial charge in [-0.1, -0.05) is 0 Å². The maximum Gasteiger partial charge on any atom is 0.0829 e. The highest BCUT2D eigenvalue weighted by Gasteiger charge is 2.33. The number of morpholine rings is 1. The largest absolute Gasteiger partial charge is 0.374 e. The van der Waals surface area contributed by atoms with E-state index < -0.39 is 0 Å². The molecule has 1 N–H and O–H groups in total. The lowest BCUT2D eigenvalue weighted by molar-refractivity contribution is -0.0376. The predicted octanol–water partition coefficient (Wildman–Crippen LogP) is 0.533. The molecule has 0 spiro atoms. The summed E-state index contributed by atoms with van der Waals surface area (Å²) >= 11 is 0. The molecule has 1 saturated carbocycles. The molecule has 3 fully saturated rings. The Morgan fingerprint density at radius 1 is 1.28 bits per heavy atom. The third-order valence-electron chi connectivity index (χ3n) is 4.46. The normalized spacial score (nSPS) is 34.3. The van der Waals surface area contributed by atoms with Crippen LogP contribution >= 0.6 is 0 Å². The summed E-state index contributed by atoms with van der Waals surface area (Å²) < 4.78 is 5.92. The summed E-state index contributed by atoms with van der Waals surface area (Å²) in [5, 5.41) is 3.62. The van der Waals surface area contributed by atoms with E-state index in [1.54, 1.807) is 0 Å². The standard InChI is InChI=1S/C14H27N3O/c1-16-7-8-18-14(10-16)11-17(13-4-5-13)9-12-3-2-6-15-12/h12-15H,2-11H2,1H3. The Morgan fingerprint density at radius 3 is 2.83 bits per heavy atom. The van der Waals surface area contributed by atoms with Gasteiger partial charge in [0, 0.05) is 38.3 Å². The van der Waals surface area contributed by atoms with Crippen LogP contribution < -0.4 is 5.32 Å². The van der Waals surface area contributed by atoms with Gasteiger partial charge in [0.05, 0.1) is 12.7 Å². The molecule has 2 heterocycles. The van der Waals surface area contributed by atoms with Gasteiger partial charge in [0.25, 0.3) is 0 Å². The van der Waals surface area contributed by atoms with Crippen LogP contribution in [0.15, 0.2) is 0 Å². The van der Waals surface area contributed by atoms with Crippen molar-refractivity contribution in [3.8, 4) is 0 Å². The molecular formula is C14H27N3O. The van der Waals surface area contributed by atoms with E-state index in [0.717, 1.165) is 38.3 Å². The Hall–Kier alpha value is -0.160. The summed E-state index contributed by atoms with van der Waals surface area (Å²) in [6.07, 6.45) is 5.93. The summed E-state index contributed by atoms with van der Waals surface area (Å²) in [6, 6.07) is 1.58. The molecule has 4 heteroatoms. The predicted molar refractivity (Wildman–Crippen MR) is 72.9 cm³/mol. The molecule has 0 aromatic heterocycles. The molecule has 1 aliphatic carbocycles. The summed E-state index contributed by atoms with van der Waals surface area (Å²) in [7, 11) is 2.20. The Kier molecular flexibility index (Phi) is 4.19. The SMILES string of the molecule is CN1CCOC(CN(CC2CCCN2)C2CC2)C1. The number of nitrogens with zero attached hydrogens (tertiary/aromatic N) is 2. The van der Waals surface area contributed by atoms with E-state index in [-0.39, 0.29) is 0 Å². The first-order chi connectivity index (χ1) is 8.81. The van der Waals surface area contributed by atoms with Crippen LogP contribution in [0.1, 0.15) is 25.7 Å². The zero-order valence-electron chi connectivity index (χ0n) is 11.6. The zero-order chi connectivity index (χ0) is 12.4. The van der Waals surface area contributed by atoms with Crippen molar-refractivity contribution in [3.05, 3.63) is 0 Å². The van der Waals surface area contributed by atoms with Gasteiger partial charge in [0.1, 0.15) is 0 Å². The highest BCUT2D eigenvalue weighted by molar-refractivity contribution is 4.90. The molecule has 2 atom stereocenters. The summed E-state index contributed by atoms with van der Waals surface area (Å²) in [4.78, 5) is 5.08. The van der Waals surface area contributed by atoms with E-state index in [1.165, 1.54) is 38.8 Å². The zero-order valence-corrected chi connectivity index (χ0v) is 11.6. The number of ether oxygens (including phenoxy) is 1. The molecular weight excluding hydrogens is 226 g/mol. The molecule has 3 rings (SSSR count). The number of hydrogen-bond donors (Lipinski definition) is 1. The molecule has 0 aromatic carbocycles. The van der Waals surface area contributed by atoms with Crippen LogP contribution in [-0.4, -0.2) is 74.4 Å². The fourth-order valence-corrected chi connectivity index (χ4v) is 3.25. The van der Waals surface area contributed by atoms with Gasteiger partial charge in [-0.2, -0.15) is 0 Å². The number of nitrogens with one attached hydrogen (secondary N) is 1. The van der Waals surface area contributed by atoms with E-state index in [9.17, 15) is 0 Å². The summed E-state index contributed by atoms with van der Waals surface area (Å²) in [5.41, 5.74) is 0. The lowest BCUT2D eigenvalue weighted by Crippen LogP contribution is -2.49. The lowest BCUT2D eigenvalue weighted by atomic mass is 10.2. The second-order valence-electron chi connectivity index (χ2n) is 6.23. The average Bonchev–Trinajstić information content (AvgIpc) is 3.08. The van der Waals surface area contributed by atoms with Gasteiger partial charge in [0.15, 0.2) is 0 Å². The minimum atomic E-state index is 0.422. The Bertz CT molecular complexity index is 264. The molecule has 18 heavy (non-hydrogen) atoms. The monoisotopic (exact) mass is 253 g/mol. The van der Waals surface area contributed by atoms with Crippen LogP contribution in [0.4, 0.5) is 0 Å². The van der Waals surface area contributed by atoms with Crippen molar-refractivity contribution in [1.82, 2.24) is 15.1 Å². The molecule has 3 aliphatic rings. The topological polar surface area (TPSA) is 27.7 Å². The van der Waals surface area contributed by atoms with Crippen LogP contribution in [0, 0.1) is 0 Å². The van der Waals surface area contributed by atoms with E-state index in [2.05, 4.69) is 22.2 Å². The van der Waals surface area contributed by atoms with Crippen LogP contribution in [0.5, 0.6) is 0 Å². The van der Waals surface area contributed by atoms with Crippen molar-refractivity contribution < 1.29 is 4.74 Å². The first-order valence-electron chi connectivity index (χ1n) is 7.59. The maximum atomic E-state index is 5.92. The van der Waals surface area contributed by atoms with Crippen LogP contribution in [0.25, 0.3) is 0 Å². The summed E-state index contributed by atoms with van der Waals surface area (Å²) in [5.74, 6) is 0. The van der Waals surface area contributed by atoms with Gasteiger partial charge in [0.2, 0.25) is 0 Å². The van der Waals surface area contributed by atoms with Crippen molar-refractivity contribution in [1.29, 1.82) is 0 Å². The third-order valence-corrected chi connectivity index (χ3v) is 4.46. The highest BCUT2D eigenvalue weighted by atomic mass is 16.5. The molecule has 2 unspecified atom stereocenters. The fourth-order valence-electron chi connectivity index (χ4n) is 3.25. The molecule has 4 nitrogen and oxygen atoms in total. The fraction of sp³-hybridized carbons (Fsp3) is 1.00. The minimum absolute atomic E-state index is 0.422. The van der Waals surface area contributed by atoms with Crippen molar-refractivity contribution >= 4 is 0 Å². The van der Waals surface area contributed by atoms with Gasteiger partial charge in [-0.3, -0.25) is 4.90 Å².